The van der Waals surface area contributed by atoms with Crippen molar-refractivity contribution in [1.82, 2.24) is 10.2 Å². The van der Waals surface area contributed by atoms with Crippen molar-refractivity contribution >= 4 is 5.91 Å². The van der Waals surface area contributed by atoms with E-state index >= 15 is 0 Å². The van der Waals surface area contributed by atoms with Crippen LogP contribution in [0.5, 0.6) is 0 Å². The van der Waals surface area contributed by atoms with Crippen LogP contribution in [0.25, 0.3) is 0 Å². The molecule has 1 aliphatic heterocycles. The van der Waals surface area contributed by atoms with E-state index in [-0.39, 0.29) is 26.1 Å². The molecule has 0 saturated carbocycles. The molecule has 1 heterocycles. The van der Waals surface area contributed by atoms with Gasteiger partial charge in [0.25, 0.3) is 0 Å². The Labute approximate surface area is 140 Å². The lowest BCUT2D eigenvalue weighted by Gasteiger charge is -2.32. The van der Waals surface area contributed by atoms with Crippen molar-refractivity contribution in [1.29, 1.82) is 0 Å². The first-order chi connectivity index (χ1) is 11.0. The fraction of sp³-hybridized carbons (Fsp3) is 0.588. The number of amides is 1. The molecule has 0 aliphatic carbocycles. The molecule has 0 aromatic heterocycles. The molecular weight excluding hydrogens is 319 g/mol. The van der Waals surface area contributed by atoms with Crippen molar-refractivity contribution in [3.8, 4) is 0 Å². The largest absolute Gasteiger partial charge is 0.404 e. The lowest BCUT2D eigenvalue weighted by molar-refractivity contribution is -0.218. The fourth-order valence-corrected chi connectivity index (χ4v) is 2.89. The van der Waals surface area contributed by atoms with Gasteiger partial charge in [-0.3, -0.25) is 9.69 Å². The molecule has 1 fully saturated rings. The van der Waals surface area contributed by atoms with E-state index in [4.69, 9.17) is 5.73 Å². The molecule has 1 amide bonds. The van der Waals surface area contributed by atoms with E-state index < -0.39 is 23.0 Å². The number of rotatable bonds is 5. The van der Waals surface area contributed by atoms with Gasteiger partial charge in [-0.05, 0) is 32.4 Å². The Balaban J connectivity index is 2.11. The quantitative estimate of drug-likeness (QED) is 0.862. The van der Waals surface area contributed by atoms with E-state index in [0.29, 0.717) is 6.54 Å². The van der Waals surface area contributed by atoms with Crippen LogP contribution in [0.3, 0.4) is 0 Å². The third-order valence-corrected chi connectivity index (χ3v) is 4.28. The number of nitrogens with one attached hydrogen (secondary N) is 1. The molecule has 0 spiro atoms. The molecule has 134 valence electrons. The highest BCUT2D eigenvalue weighted by Gasteiger charge is 2.62. The van der Waals surface area contributed by atoms with Crippen LogP contribution in [0, 0.1) is 5.41 Å². The topological polar surface area (TPSA) is 58.4 Å². The molecule has 0 radical (unpaired) electrons. The number of benzene rings is 1. The maximum absolute atomic E-state index is 13.7. The first kappa shape index (κ1) is 18.7. The Bertz CT molecular complexity index is 569. The van der Waals surface area contributed by atoms with Crippen LogP contribution in [-0.2, 0) is 11.3 Å². The molecule has 4 nitrogen and oxygen atoms in total. The average molecular weight is 343 g/mol. The van der Waals surface area contributed by atoms with Gasteiger partial charge in [0.2, 0.25) is 5.91 Å². The highest BCUT2D eigenvalue weighted by atomic mass is 19.4. The van der Waals surface area contributed by atoms with Gasteiger partial charge in [-0.1, -0.05) is 30.3 Å². The highest BCUT2D eigenvalue weighted by Crippen LogP contribution is 2.46. The Morgan fingerprint density at radius 2 is 1.92 bits per heavy atom. The summed E-state index contributed by atoms with van der Waals surface area (Å²) >= 11 is 0. The van der Waals surface area contributed by atoms with Crippen LogP contribution in [-0.4, -0.2) is 42.2 Å². The summed E-state index contributed by atoms with van der Waals surface area (Å²) in [5.41, 5.74) is 3.56. The standard InChI is InChI=1S/C17H24F3N3O/c1-15(2,21)11-22-14(24)16(17(18,19)20)8-9-23(12-16)10-13-6-4-3-5-7-13/h3-7H,8-12,21H2,1-2H3,(H,22,24). The third-order valence-electron chi connectivity index (χ3n) is 4.28. The van der Waals surface area contributed by atoms with Gasteiger partial charge < -0.3 is 11.1 Å². The Kier molecular flexibility index (Phi) is 5.25. The maximum Gasteiger partial charge on any atom is 0.404 e. The van der Waals surface area contributed by atoms with Crippen molar-refractivity contribution in [2.24, 2.45) is 11.1 Å². The average Bonchev–Trinajstić information content (AvgIpc) is 2.90. The van der Waals surface area contributed by atoms with Gasteiger partial charge in [-0.15, -0.1) is 0 Å². The van der Waals surface area contributed by atoms with Crippen LogP contribution in [0.4, 0.5) is 13.2 Å². The van der Waals surface area contributed by atoms with Gasteiger partial charge in [0.15, 0.2) is 5.41 Å². The summed E-state index contributed by atoms with van der Waals surface area (Å²) in [4.78, 5) is 14.0. The monoisotopic (exact) mass is 343 g/mol. The third kappa shape index (κ3) is 4.27. The summed E-state index contributed by atoms with van der Waals surface area (Å²) in [5.74, 6) is -0.982. The van der Waals surface area contributed by atoms with Gasteiger partial charge >= 0.3 is 6.18 Å². The van der Waals surface area contributed by atoms with Gasteiger partial charge in [0, 0.05) is 25.2 Å². The predicted octanol–water partition coefficient (Wildman–Crippen LogP) is 2.29. The van der Waals surface area contributed by atoms with Crippen molar-refractivity contribution in [2.75, 3.05) is 19.6 Å². The minimum atomic E-state index is -4.60. The minimum absolute atomic E-state index is 0.00233. The second kappa shape index (κ2) is 6.72. The Morgan fingerprint density at radius 3 is 2.46 bits per heavy atom. The number of hydrogen-bond donors (Lipinski definition) is 2. The molecule has 24 heavy (non-hydrogen) atoms. The molecule has 2 rings (SSSR count). The number of carbonyl (C=O) groups excluding carboxylic acids is 1. The molecule has 3 N–H and O–H groups in total. The van der Waals surface area contributed by atoms with E-state index in [0.717, 1.165) is 5.56 Å². The summed E-state index contributed by atoms with van der Waals surface area (Å²) in [6, 6.07) is 9.28. The number of likely N-dealkylation sites (tertiary alicyclic amines) is 1. The second-order valence-corrected chi connectivity index (χ2v) is 7.20. The minimum Gasteiger partial charge on any atom is -0.353 e. The number of nitrogens with two attached hydrogens (primary N) is 1. The van der Waals surface area contributed by atoms with E-state index in [2.05, 4.69) is 5.32 Å². The van der Waals surface area contributed by atoms with Crippen LogP contribution >= 0.6 is 0 Å². The lowest BCUT2D eigenvalue weighted by Crippen LogP contribution is -2.55. The molecule has 1 aliphatic rings. The molecule has 7 heteroatoms. The number of halogens is 3. The zero-order valence-corrected chi connectivity index (χ0v) is 14.0. The Morgan fingerprint density at radius 1 is 1.29 bits per heavy atom. The van der Waals surface area contributed by atoms with Gasteiger partial charge in [-0.25, -0.2) is 0 Å². The predicted molar refractivity (Wildman–Crippen MR) is 86.1 cm³/mol. The van der Waals surface area contributed by atoms with Gasteiger partial charge in [-0.2, -0.15) is 13.2 Å². The number of nitrogens with zero attached hydrogens (tertiary/aromatic N) is 1. The van der Waals surface area contributed by atoms with Crippen LogP contribution < -0.4 is 11.1 Å². The summed E-state index contributed by atoms with van der Waals surface area (Å²) < 4.78 is 41.0. The highest BCUT2D eigenvalue weighted by molar-refractivity contribution is 5.84. The van der Waals surface area contributed by atoms with Crippen LogP contribution in [0.2, 0.25) is 0 Å². The van der Waals surface area contributed by atoms with Crippen molar-refractivity contribution in [2.45, 2.75) is 38.5 Å². The summed E-state index contributed by atoms with van der Waals surface area (Å²) in [6.07, 6.45) is -4.83. The second-order valence-electron chi connectivity index (χ2n) is 7.20. The molecule has 1 aromatic rings. The molecule has 1 unspecified atom stereocenters. The SMILES string of the molecule is CC(C)(N)CNC(=O)C1(C(F)(F)F)CCN(Cc2ccccc2)C1. The molecular formula is C17H24F3N3O. The first-order valence-electron chi connectivity index (χ1n) is 7.94. The number of hydrogen-bond acceptors (Lipinski definition) is 3. The summed E-state index contributed by atoms with van der Waals surface area (Å²) in [5, 5.41) is 2.39. The zero-order valence-electron chi connectivity index (χ0n) is 14.0. The Hall–Kier alpha value is -1.60. The van der Waals surface area contributed by atoms with Gasteiger partial charge in [0.05, 0.1) is 0 Å². The fourth-order valence-electron chi connectivity index (χ4n) is 2.89. The zero-order chi connectivity index (χ0) is 18.0. The van der Waals surface area contributed by atoms with E-state index in [1.54, 1.807) is 18.7 Å². The molecule has 0 bridgehead atoms. The molecule has 1 aromatic carbocycles. The maximum atomic E-state index is 13.7. The van der Waals surface area contributed by atoms with E-state index in [1.807, 2.05) is 30.3 Å². The first-order valence-corrected chi connectivity index (χ1v) is 7.94. The number of alkyl halides is 3. The van der Waals surface area contributed by atoms with Gasteiger partial charge in [0.1, 0.15) is 0 Å². The van der Waals surface area contributed by atoms with Crippen molar-refractivity contribution in [3.63, 3.8) is 0 Å². The van der Waals surface area contributed by atoms with Crippen molar-refractivity contribution < 1.29 is 18.0 Å². The lowest BCUT2D eigenvalue weighted by atomic mass is 9.85. The summed E-state index contributed by atoms with van der Waals surface area (Å²) in [6.45, 7) is 3.61. The van der Waals surface area contributed by atoms with E-state index in [9.17, 15) is 18.0 Å². The van der Waals surface area contributed by atoms with Crippen LogP contribution in [0.1, 0.15) is 25.8 Å². The number of carbonyl (C=O) groups is 1. The molecule has 1 saturated heterocycles. The normalized spacial score (nSPS) is 22.6. The molecule has 1 atom stereocenters. The summed E-state index contributed by atoms with van der Waals surface area (Å²) in [7, 11) is 0. The van der Waals surface area contributed by atoms with Crippen molar-refractivity contribution in [3.05, 3.63) is 35.9 Å². The van der Waals surface area contributed by atoms with E-state index in [1.165, 1.54) is 0 Å². The smallest absolute Gasteiger partial charge is 0.353 e. The van der Waals surface area contributed by atoms with Crippen LogP contribution in [0.15, 0.2) is 30.3 Å².